The maximum atomic E-state index is 13.1. The Hall–Kier alpha value is -2.08. The lowest BCUT2D eigenvalue weighted by Gasteiger charge is -2.32. The van der Waals surface area contributed by atoms with Crippen LogP contribution in [0.3, 0.4) is 0 Å². The molecule has 0 radical (unpaired) electrons. The molecule has 1 saturated heterocycles. The molecule has 1 amide bonds. The zero-order valence-electron chi connectivity index (χ0n) is 13.3. The number of nitrogens with zero attached hydrogens (tertiary/aromatic N) is 2. The van der Waals surface area contributed by atoms with E-state index in [0.717, 1.165) is 54.0 Å². The van der Waals surface area contributed by atoms with Gasteiger partial charge < -0.3 is 14.1 Å². The summed E-state index contributed by atoms with van der Waals surface area (Å²) in [6.45, 7) is 3.59. The standard InChI is InChI=1S/C17H21N3O3/c1-11-16(12-4-2-3-5-14(12)23-11)17(21)20-8-9-22-15(10-20)13-6-7-18-19-13/h6-7,15H,2-5,8-10H2,1H3,(H,18,19). The third-order valence-electron chi connectivity index (χ3n) is 4.78. The average Bonchev–Trinajstić information content (AvgIpc) is 3.21. The molecule has 3 heterocycles. The van der Waals surface area contributed by atoms with Crippen LogP contribution in [-0.2, 0) is 17.6 Å². The second-order valence-electron chi connectivity index (χ2n) is 6.26. The summed E-state index contributed by atoms with van der Waals surface area (Å²) < 4.78 is 11.6. The maximum absolute atomic E-state index is 13.1. The van der Waals surface area contributed by atoms with Gasteiger partial charge in [-0.1, -0.05) is 0 Å². The van der Waals surface area contributed by atoms with Gasteiger partial charge in [-0.25, -0.2) is 0 Å². The number of carbonyl (C=O) groups excluding carboxylic acids is 1. The molecule has 0 bridgehead atoms. The van der Waals surface area contributed by atoms with Gasteiger partial charge in [0, 0.05) is 24.7 Å². The van der Waals surface area contributed by atoms with Crippen molar-refractivity contribution in [1.29, 1.82) is 0 Å². The zero-order chi connectivity index (χ0) is 15.8. The topological polar surface area (TPSA) is 71.4 Å². The van der Waals surface area contributed by atoms with E-state index in [-0.39, 0.29) is 12.0 Å². The highest BCUT2D eigenvalue weighted by atomic mass is 16.5. The molecule has 1 unspecified atom stereocenters. The van der Waals surface area contributed by atoms with Gasteiger partial charge in [-0.05, 0) is 32.3 Å². The number of H-pyrrole nitrogens is 1. The Morgan fingerprint density at radius 3 is 3.09 bits per heavy atom. The van der Waals surface area contributed by atoms with Crippen molar-refractivity contribution in [3.05, 3.63) is 40.6 Å². The number of hydrogen-bond donors (Lipinski definition) is 1. The van der Waals surface area contributed by atoms with Gasteiger partial charge in [0.15, 0.2) is 0 Å². The number of furan rings is 1. The number of nitrogens with one attached hydrogen (secondary N) is 1. The molecule has 1 aliphatic carbocycles. The number of rotatable bonds is 2. The van der Waals surface area contributed by atoms with E-state index in [1.807, 2.05) is 17.9 Å². The lowest BCUT2D eigenvalue weighted by atomic mass is 9.94. The maximum Gasteiger partial charge on any atom is 0.257 e. The number of hydrogen-bond acceptors (Lipinski definition) is 4. The normalized spacial score (nSPS) is 21.3. The molecule has 2 aromatic heterocycles. The monoisotopic (exact) mass is 315 g/mol. The molecule has 0 saturated carbocycles. The second kappa shape index (κ2) is 5.85. The van der Waals surface area contributed by atoms with E-state index < -0.39 is 0 Å². The number of carbonyl (C=O) groups is 1. The predicted octanol–water partition coefficient (Wildman–Crippen LogP) is 2.40. The number of aromatic nitrogens is 2. The van der Waals surface area contributed by atoms with Crippen LogP contribution in [0.25, 0.3) is 0 Å². The molecule has 4 rings (SSSR count). The van der Waals surface area contributed by atoms with Crippen LogP contribution in [0.4, 0.5) is 0 Å². The van der Waals surface area contributed by atoms with E-state index in [1.54, 1.807) is 6.20 Å². The minimum Gasteiger partial charge on any atom is -0.465 e. The molecule has 1 aliphatic heterocycles. The van der Waals surface area contributed by atoms with E-state index in [9.17, 15) is 4.79 Å². The van der Waals surface area contributed by atoms with Crippen molar-refractivity contribution in [3.8, 4) is 0 Å². The fraction of sp³-hybridized carbons (Fsp3) is 0.529. The molecule has 6 nitrogen and oxygen atoms in total. The third kappa shape index (κ3) is 2.57. The van der Waals surface area contributed by atoms with Gasteiger partial charge in [-0.2, -0.15) is 5.10 Å². The van der Waals surface area contributed by atoms with E-state index in [2.05, 4.69) is 10.2 Å². The van der Waals surface area contributed by atoms with Gasteiger partial charge in [-0.15, -0.1) is 0 Å². The smallest absolute Gasteiger partial charge is 0.257 e. The molecule has 1 N–H and O–H groups in total. The van der Waals surface area contributed by atoms with Crippen LogP contribution >= 0.6 is 0 Å². The van der Waals surface area contributed by atoms with Gasteiger partial charge in [0.05, 0.1) is 24.4 Å². The van der Waals surface area contributed by atoms with Gasteiger partial charge in [0.1, 0.15) is 17.6 Å². The summed E-state index contributed by atoms with van der Waals surface area (Å²) in [7, 11) is 0. The van der Waals surface area contributed by atoms with Crippen molar-refractivity contribution in [1.82, 2.24) is 15.1 Å². The molecule has 2 aromatic rings. The number of ether oxygens (including phenoxy) is 1. The summed E-state index contributed by atoms with van der Waals surface area (Å²) in [6, 6.07) is 1.89. The second-order valence-corrected chi connectivity index (χ2v) is 6.26. The minimum absolute atomic E-state index is 0.0715. The number of fused-ring (bicyclic) bond motifs is 1. The molecule has 0 aromatic carbocycles. The van der Waals surface area contributed by atoms with Crippen molar-refractivity contribution < 1.29 is 13.9 Å². The van der Waals surface area contributed by atoms with Crippen molar-refractivity contribution in [2.75, 3.05) is 19.7 Å². The largest absolute Gasteiger partial charge is 0.465 e. The summed E-state index contributed by atoms with van der Waals surface area (Å²) in [6.07, 6.45) is 5.74. The molecule has 6 heteroatoms. The molecular weight excluding hydrogens is 294 g/mol. The number of aryl methyl sites for hydroxylation is 2. The Balaban J connectivity index is 1.58. The van der Waals surface area contributed by atoms with Crippen LogP contribution in [0.2, 0.25) is 0 Å². The highest BCUT2D eigenvalue weighted by Crippen LogP contribution is 2.31. The van der Waals surface area contributed by atoms with Gasteiger partial charge in [-0.3, -0.25) is 9.89 Å². The van der Waals surface area contributed by atoms with Crippen molar-refractivity contribution in [2.45, 2.75) is 38.7 Å². The third-order valence-corrected chi connectivity index (χ3v) is 4.78. The van der Waals surface area contributed by atoms with Crippen molar-refractivity contribution >= 4 is 5.91 Å². The Bertz CT molecular complexity index is 705. The Morgan fingerprint density at radius 2 is 2.26 bits per heavy atom. The molecule has 1 atom stereocenters. The quantitative estimate of drug-likeness (QED) is 0.924. The summed E-state index contributed by atoms with van der Waals surface area (Å²) >= 11 is 0. The molecule has 122 valence electrons. The zero-order valence-corrected chi connectivity index (χ0v) is 13.3. The van der Waals surface area contributed by atoms with Crippen LogP contribution in [0.15, 0.2) is 16.7 Å². The van der Waals surface area contributed by atoms with E-state index >= 15 is 0 Å². The SMILES string of the molecule is Cc1oc2c(c1C(=O)N1CCOC(c3ccn[nH]3)C1)CCCC2. The molecular formula is C17H21N3O3. The molecule has 23 heavy (non-hydrogen) atoms. The first-order valence-electron chi connectivity index (χ1n) is 8.25. The minimum atomic E-state index is -0.141. The average molecular weight is 315 g/mol. The van der Waals surface area contributed by atoms with Crippen LogP contribution < -0.4 is 0 Å². The van der Waals surface area contributed by atoms with E-state index in [1.165, 1.54) is 0 Å². The van der Waals surface area contributed by atoms with Crippen LogP contribution in [0, 0.1) is 6.92 Å². The first-order valence-corrected chi connectivity index (χ1v) is 8.25. The van der Waals surface area contributed by atoms with Crippen molar-refractivity contribution in [2.24, 2.45) is 0 Å². The molecule has 1 fully saturated rings. The Morgan fingerprint density at radius 1 is 1.39 bits per heavy atom. The summed E-state index contributed by atoms with van der Waals surface area (Å²) in [5.41, 5.74) is 2.82. The van der Waals surface area contributed by atoms with Gasteiger partial charge >= 0.3 is 0 Å². The summed E-state index contributed by atoms with van der Waals surface area (Å²) in [5, 5.41) is 6.90. The number of amides is 1. The lowest BCUT2D eigenvalue weighted by Crippen LogP contribution is -2.42. The van der Waals surface area contributed by atoms with Gasteiger partial charge in [0.25, 0.3) is 5.91 Å². The fourth-order valence-corrected chi connectivity index (χ4v) is 3.61. The van der Waals surface area contributed by atoms with Crippen molar-refractivity contribution in [3.63, 3.8) is 0 Å². The van der Waals surface area contributed by atoms with Gasteiger partial charge in [0.2, 0.25) is 0 Å². The highest BCUT2D eigenvalue weighted by Gasteiger charge is 2.32. The Labute approximate surface area is 134 Å². The Kier molecular flexibility index (Phi) is 3.69. The molecule has 2 aliphatic rings. The van der Waals surface area contributed by atoms with Crippen LogP contribution in [0.1, 0.15) is 52.1 Å². The van der Waals surface area contributed by atoms with Crippen LogP contribution in [0.5, 0.6) is 0 Å². The predicted molar refractivity (Wildman–Crippen MR) is 83.3 cm³/mol. The fourth-order valence-electron chi connectivity index (χ4n) is 3.61. The van der Waals surface area contributed by atoms with Crippen LogP contribution in [-0.4, -0.2) is 40.7 Å². The molecule has 0 spiro atoms. The first kappa shape index (κ1) is 14.5. The number of aromatic amines is 1. The highest BCUT2D eigenvalue weighted by molar-refractivity contribution is 5.97. The van der Waals surface area contributed by atoms with E-state index in [4.69, 9.17) is 9.15 Å². The first-order chi connectivity index (χ1) is 11.2. The summed E-state index contributed by atoms with van der Waals surface area (Å²) in [5.74, 6) is 1.84. The van der Waals surface area contributed by atoms with E-state index in [0.29, 0.717) is 19.7 Å². The number of morpholine rings is 1. The lowest BCUT2D eigenvalue weighted by molar-refractivity contribution is -0.0248. The summed E-state index contributed by atoms with van der Waals surface area (Å²) in [4.78, 5) is 14.9.